The number of nitrogens with zero attached hydrogens (tertiary/aromatic N) is 2. The fraction of sp³-hybridized carbons (Fsp3) is 0.308. The Bertz CT molecular complexity index is 1180. The van der Waals surface area contributed by atoms with E-state index in [-0.39, 0.29) is 0 Å². The molecule has 0 amide bonds. The van der Waals surface area contributed by atoms with Crippen LogP contribution in [0.4, 0.5) is 5.82 Å². The van der Waals surface area contributed by atoms with E-state index in [0.29, 0.717) is 28.8 Å². The summed E-state index contributed by atoms with van der Waals surface area (Å²) in [5.41, 5.74) is 14.2. The highest BCUT2D eigenvalue weighted by atomic mass is 35.5. The van der Waals surface area contributed by atoms with E-state index in [2.05, 4.69) is 37.0 Å². The topological polar surface area (TPSA) is 71.9 Å². The minimum atomic E-state index is 0.326. The number of hydrogen-bond acceptors (Lipinski definition) is 4. The first-order valence-corrected chi connectivity index (χ1v) is 11.1. The van der Waals surface area contributed by atoms with Crippen molar-refractivity contribution in [2.24, 2.45) is 0 Å². The number of aromatic nitrogens is 1. The molecule has 1 aromatic heterocycles. The highest BCUT2D eigenvalue weighted by Gasteiger charge is 2.23. The van der Waals surface area contributed by atoms with Crippen LogP contribution in [0.25, 0.3) is 11.1 Å². The zero-order valence-corrected chi connectivity index (χ0v) is 18.7. The van der Waals surface area contributed by atoms with Crippen molar-refractivity contribution in [1.29, 1.82) is 5.26 Å². The van der Waals surface area contributed by atoms with E-state index in [1.54, 1.807) is 0 Å². The molecule has 31 heavy (non-hydrogen) atoms. The molecule has 0 radical (unpaired) electrons. The average Bonchev–Trinajstić information content (AvgIpc) is 2.98. The quantitative estimate of drug-likeness (QED) is 0.490. The van der Waals surface area contributed by atoms with Crippen LogP contribution in [0.1, 0.15) is 52.8 Å². The maximum Gasteiger partial charge on any atom is 0.142 e. The summed E-state index contributed by atoms with van der Waals surface area (Å²) in [6.07, 6.45) is 5.21. The van der Waals surface area contributed by atoms with Crippen LogP contribution in [-0.4, -0.2) is 4.98 Å². The monoisotopic (exact) mass is 431 g/mol. The third kappa shape index (κ3) is 4.24. The first kappa shape index (κ1) is 21.2. The number of nitrogen functional groups attached to an aromatic ring is 1. The first-order chi connectivity index (χ1) is 15.0. The van der Waals surface area contributed by atoms with E-state index in [0.717, 1.165) is 59.2 Å². The number of nitriles is 1. The Morgan fingerprint density at radius 3 is 2.65 bits per heavy atom. The number of pyridine rings is 1. The molecule has 5 heteroatoms. The fourth-order valence-electron chi connectivity index (χ4n) is 4.39. The Kier molecular flexibility index (Phi) is 6.15. The first-order valence-electron chi connectivity index (χ1n) is 10.7. The molecule has 0 saturated carbocycles. The van der Waals surface area contributed by atoms with Gasteiger partial charge >= 0.3 is 0 Å². The molecule has 0 unspecified atom stereocenters. The Balaban J connectivity index is 1.82. The predicted octanol–water partition coefficient (Wildman–Crippen LogP) is 6.32. The molecule has 0 fully saturated rings. The SMILES string of the molecule is Cc1cc(C)c(-c2c(C#N)c(N)nc3c2CCCCC3)cc1COc1ccccc1Cl. The second kappa shape index (κ2) is 8.99. The molecule has 0 bridgehead atoms. The van der Waals surface area contributed by atoms with E-state index in [9.17, 15) is 5.26 Å². The summed E-state index contributed by atoms with van der Waals surface area (Å²) in [6.45, 7) is 4.56. The van der Waals surface area contributed by atoms with Crippen LogP contribution in [0.3, 0.4) is 0 Å². The third-order valence-electron chi connectivity index (χ3n) is 6.04. The number of fused-ring (bicyclic) bond motifs is 1. The van der Waals surface area contributed by atoms with E-state index in [1.807, 2.05) is 24.3 Å². The molecular formula is C26H26ClN3O. The predicted molar refractivity (Wildman–Crippen MR) is 125 cm³/mol. The van der Waals surface area contributed by atoms with E-state index < -0.39 is 0 Å². The summed E-state index contributed by atoms with van der Waals surface area (Å²) in [5, 5.41) is 10.5. The van der Waals surface area contributed by atoms with Crippen molar-refractivity contribution in [2.75, 3.05) is 5.73 Å². The maximum atomic E-state index is 9.92. The van der Waals surface area contributed by atoms with Gasteiger partial charge in [-0.3, -0.25) is 0 Å². The van der Waals surface area contributed by atoms with Crippen LogP contribution in [0.15, 0.2) is 36.4 Å². The number of halogens is 1. The van der Waals surface area contributed by atoms with Crippen LogP contribution in [0.2, 0.25) is 5.02 Å². The van der Waals surface area contributed by atoms with Crippen molar-refractivity contribution < 1.29 is 4.74 Å². The molecule has 158 valence electrons. The molecule has 4 nitrogen and oxygen atoms in total. The standard InChI is InChI=1S/C26H26ClN3O/c1-16-12-17(2)20(13-18(16)15-31-24-11-7-6-9-22(24)27)25-19-8-4-3-5-10-23(19)30-26(29)21(25)14-28/h6-7,9,11-13H,3-5,8,10,15H2,1-2H3,(H2,29,30). The lowest BCUT2D eigenvalue weighted by Crippen LogP contribution is -2.08. The smallest absolute Gasteiger partial charge is 0.142 e. The molecular weight excluding hydrogens is 406 g/mol. The van der Waals surface area contributed by atoms with Crippen molar-refractivity contribution in [3.63, 3.8) is 0 Å². The lowest BCUT2D eigenvalue weighted by molar-refractivity contribution is 0.305. The van der Waals surface area contributed by atoms with Gasteiger partial charge in [0.2, 0.25) is 0 Å². The second-order valence-electron chi connectivity index (χ2n) is 8.16. The number of anilines is 1. The molecule has 0 aliphatic heterocycles. The summed E-state index contributed by atoms with van der Waals surface area (Å²) < 4.78 is 6.01. The Morgan fingerprint density at radius 2 is 1.87 bits per heavy atom. The Labute approximate surface area is 188 Å². The largest absolute Gasteiger partial charge is 0.487 e. The normalized spacial score (nSPS) is 13.2. The van der Waals surface area contributed by atoms with E-state index in [1.165, 1.54) is 12.0 Å². The maximum absolute atomic E-state index is 9.92. The van der Waals surface area contributed by atoms with Gasteiger partial charge < -0.3 is 10.5 Å². The summed E-state index contributed by atoms with van der Waals surface area (Å²) in [4.78, 5) is 4.60. The van der Waals surface area contributed by atoms with Gasteiger partial charge in [-0.1, -0.05) is 36.2 Å². The zero-order valence-electron chi connectivity index (χ0n) is 18.0. The molecule has 1 aliphatic rings. The van der Waals surface area contributed by atoms with E-state index in [4.69, 9.17) is 22.1 Å². The van der Waals surface area contributed by atoms with Gasteiger partial charge in [0.15, 0.2) is 0 Å². The van der Waals surface area contributed by atoms with E-state index >= 15 is 0 Å². The molecule has 4 rings (SSSR count). The average molecular weight is 432 g/mol. The van der Waals surface area contributed by atoms with Crippen molar-refractivity contribution in [3.8, 4) is 22.9 Å². The Hall–Kier alpha value is -3.03. The summed E-state index contributed by atoms with van der Waals surface area (Å²) in [5.74, 6) is 0.984. The number of ether oxygens (including phenoxy) is 1. The highest BCUT2D eigenvalue weighted by molar-refractivity contribution is 6.32. The summed E-state index contributed by atoms with van der Waals surface area (Å²) in [7, 11) is 0. The number of aryl methyl sites for hydroxylation is 3. The van der Waals surface area contributed by atoms with Gasteiger partial charge in [0.25, 0.3) is 0 Å². The minimum Gasteiger partial charge on any atom is -0.487 e. The molecule has 0 spiro atoms. The van der Waals surface area contributed by atoms with Gasteiger partial charge in [0.05, 0.1) is 5.02 Å². The van der Waals surface area contributed by atoms with Crippen molar-refractivity contribution in [3.05, 3.63) is 74.9 Å². The fourth-order valence-corrected chi connectivity index (χ4v) is 4.58. The van der Waals surface area contributed by atoms with Gasteiger partial charge in [-0.2, -0.15) is 5.26 Å². The number of hydrogen-bond donors (Lipinski definition) is 1. The number of para-hydroxylation sites is 1. The molecule has 2 aromatic carbocycles. The molecule has 1 aliphatic carbocycles. The van der Waals surface area contributed by atoms with Gasteiger partial charge in [0, 0.05) is 11.3 Å². The number of benzene rings is 2. The van der Waals surface area contributed by atoms with Crippen LogP contribution < -0.4 is 10.5 Å². The van der Waals surface area contributed by atoms with Crippen molar-refractivity contribution in [1.82, 2.24) is 4.98 Å². The minimum absolute atomic E-state index is 0.326. The molecule has 0 saturated heterocycles. The molecule has 1 heterocycles. The third-order valence-corrected chi connectivity index (χ3v) is 6.35. The van der Waals surface area contributed by atoms with Crippen LogP contribution in [0, 0.1) is 25.2 Å². The summed E-state index contributed by atoms with van der Waals surface area (Å²) >= 11 is 6.25. The van der Waals surface area contributed by atoms with Crippen molar-refractivity contribution >= 4 is 17.4 Å². The van der Waals surface area contributed by atoms with Crippen LogP contribution in [0.5, 0.6) is 5.75 Å². The van der Waals surface area contributed by atoms with Crippen LogP contribution in [-0.2, 0) is 19.4 Å². The second-order valence-corrected chi connectivity index (χ2v) is 8.56. The molecule has 0 atom stereocenters. The molecule has 3 aromatic rings. The van der Waals surface area contributed by atoms with Crippen molar-refractivity contribution in [2.45, 2.75) is 52.6 Å². The van der Waals surface area contributed by atoms with Gasteiger partial charge in [0.1, 0.15) is 29.8 Å². The van der Waals surface area contributed by atoms with Gasteiger partial charge in [-0.25, -0.2) is 4.98 Å². The van der Waals surface area contributed by atoms with Gasteiger partial charge in [-0.15, -0.1) is 0 Å². The highest BCUT2D eigenvalue weighted by Crippen LogP contribution is 2.38. The lowest BCUT2D eigenvalue weighted by atomic mass is 9.87. The molecule has 2 N–H and O–H groups in total. The van der Waals surface area contributed by atoms with Crippen LogP contribution >= 0.6 is 11.6 Å². The Morgan fingerprint density at radius 1 is 1.10 bits per heavy atom. The van der Waals surface area contributed by atoms with Gasteiger partial charge in [-0.05, 0) is 85.5 Å². The lowest BCUT2D eigenvalue weighted by Gasteiger charge is -2.19. The summed E-state index contributed by atoms with van der Waals surface area (Å²) in [6, 6.07) is 14.1. The number of nitrogens with two attached hydrogens (primary N) is 1. The zero-order chi connectivity index (χ0) is 22.0. The number of rotatable bonds is 4.